The summed E-state index contributed by atoms with van der Waals surface area (Å²) >= 11 is 0. The van der Waals surface area contributed by atoms with Crippen LogP contribution in [-0.2, 0) is 6.54 Å². The molecule has 0 bridgehead atoms. The molecule has 0 saturated carbocycles. The Morgan fingerprint density at radius 2 is 1.75 bits per heavy atom. The molecule has 1 aromatic rings. The van der Waals surface area contributed by atoms with Crippen molar-refractivity contribution in [3.8, 4) is 11.5 Å². The second-order valence-electron chi connectivity index (χ2n) is 3.91. The summed E-state index contributed by atoms with van der Waals surface area (Å²) in [6, 6.07) is 4.05. The van der Waals surface area contributed by atoms with Gasteiger partial charge in [0.25, 0.3) is 0 Å². The van der Waals surface area contributed by atoms with Crippen molar-refractivity contribution in [1.29, 1.82) is 0 Å². The van der Waals surface area contributed by atoms with Crippen molar-refractivity contribution in [1.82, 2.24) is 4.57 Å². The van der Waals surface area contributed by atoms with Crippen LogP contribution in [0.5, 0.6) is 0 Å². The SMILES string of the molecule is C[Si](C)(C)C#CCn1cccc1. The minimum absolute atomic E-state index is 0.831. The van der Waals surface area contributed by atoms with Crippen LogP contribution in [-0.4, -0.2) is 12.6 Å². The molecule has 0 radical (unpaired) electrons. The molecule has 2 heteroatoms. The van der Waals surface area contributed by atoms with Crippen LogP contribution in [0.4, 0.5) is 0 Å². The smallest absolute Gasteiger partial charge is 0.129 e. The highest BCUT2D eigenvalue weighted by molar-refractivity contribution is 6.83. The van der Waals surface area contributed by atoms with Crippen molar-refractivity contribution in [2.75, 3.05) is 0 Å². The number of hydrogen-bond donors (Lipinski definition) is 0. The molecule has 1 nitrogen and oxygen atoms in total. The molecule has 0 spiro atoms. The van der Waals surface area contributed by atoms with E-state index in [4.69, 9.17) is 0 Å². The van der Waals surface area contributed by atoms with E-state index < -0.39 is 8.07 Å². The summed E-state index contributed by atoms with van der Waals surface area (Å²) < 4.78 is 2.09. The van der Waals surface area contributed by atoms with E-state index >= 15 is 0 Å². The highest BCUT2D eigenvalue weighted by Crippen LogP contribution is 1.96. The number of aromatic nitrogens is 1. The van der Waals surface area contributed by atoms with E-state index in [2.05, 4.69) is 35.7 Å². The molecule has 0 aliphatic rings. The topological polar surface area (TPSA) is 4.93 Å². The van der Waals surface area contributed by atoms with Crippen LogP contribution in [0.2, 0.25) is 19.6 Å². The standard InChI is InChI=1S/C10H15NSi/c1-12(2,3)10-6-9-11-7-4-5-8-11/h4-5,7-8H,9H2,1-3H3. The van der Waals surface area contributed by atoms with Gasteiger partial charge in [0.2, 0.25) is 0 Å². The van der Waals surface area contributed by atoms with Gasteiger partial charge >= 0.3 is 0 Å². The van der Waals surface area contributed by atoms with Crippen LogP contribution in [0.25, 0.3) is 0 Å². The lowest BCUT2D eigenvalue weighted by molar-refractivity contribution is 0.851. The van der Waals surface area contributed by atoms with E-state index in [1.54, 1.807) is 0 Å². The van der Waals surface area contributed by atoms with Gasteiger partial charge in [-0.25, -0.2) is 0 Å². The summed E-state index contributed by atoms with van der Waals surface area (Å²) in [5.41, 5.74) is 3.33. The minimum Gasteiger partial charge on any atom is -0.343 e. The Balaban J connectivity index is 2.49. The fourth-order valence-corrected chi connectivity index (χ4v) is 1.48. The Morgan fingerprint density at radius 1 is 1.17 bits per heavy atom. The maximum absolute atomic E-state index is 3.33. The number of nitrogens with zero attached hydrogens (tertiary/aromatic N) is 1. The van der Waals surface area contributed by atoms with Crippen molar-refractivity contribution in [2.24, 2.45) is 0 Å². The van der Waals surface area contributed by atoms with Gasteiger partial charge in [0.15, 0.2) is 0 Å². The van der Waals surface area contributed by atoms with E-state index in [-0.39, 0.29) is 0 Å². The van der Waals surface area contributed by atoms with Crippen molar-refractivity contribution < 1.29 is 0 Å². The molecule has 0 atom stereocenters. The summed E-state index contributed by atoms with van der Waals surface area (Å²) in [6.07, 6.45) is 4.08. The zero-order valence-electron chi connectivity index (χ0n) is 7.96. The van der Waals surface area contributed by atoms with Crippen LogP contribution in [0.3, 0.4) is 0 Å². The van der Waals surface area contributed by atoms with Crippen molar-refractivity contribution in [3.63, 3.8) is 0 Å². The van der Waals surface area contributed by atoms with Gasteiger partial charge in [-0.05, 0) is 12.1 Å². The number of hydrogen-bond acceptors (Lipinski definition) is 0. The molecular formula is C10H15NSi. The maximum atomic E-state index is 3.33. The van der Waals surface area contributed by atoms with Gasteiger partial charge in [-0.1, -0.05) is 25.6 Å². The van der Waals surface area contributed by atoms with Crippen LogP contribution >= 0.6 is 0 Å². The zero-order valence-corrected chi connectivity index (χ0v) is 8.96. The average molecular weight is 177 g/mol. The van der Waals surface area contributed by atoms with Gasteiger partial charge < -0.3 is 4.57 Å². The molecule has 0 saturated heterocycles. The Kier molecular flexibility index (Phi) is 2.77. The van der Waals surface area contributed by atoms with E-state index in [9.17, 15) is 0 Å². The second kappa shape index (κ2) is 3.64. The summed E-state index contributed by atoms with van der Waals surface area (Å²) in [4.78, 5) is 0. The van der Waals surface area contributed by atoms with Crippen LogP contribution < -0.4 is 0 Å². The highest BCUT2D eigenvalue weighted by Gasteiger charge is 2.06. The zero-order chi connectivity index (χ0) is 9.03. The lowest BCUT2D eigenvalue weighted by Crippen LogP contribution is -2.16. The first-order chi connectivity index (χ1) is 5.58. The first-order valence-corrected chi connectivity index (χ1v) is 7.69. The fraction of sp³-hybridized carbons (Fsp3) is 0.400. The molecule has 1 rings (SSSR count). The summed E-state index contributed by atoms with van der Waals surface area (Å²) in [5.74, 6) is 3.20. The highest BCUT2D eigenvalue weighted by atomic mass is 28.3. The van der Waals surface area contributed by atoms with Crippen molar-refractivity contribution >= 4 is 8.07 Å². The predicted octanol–water partition coefficient (Wildman–Crippen LogP) is 2.37. The summed E-state index contributed by atoms with van der Waals surface area (Å²) in [7, 11) is -1.17. The third-order valence-electron chi connectivity index (χ3n) is 1.39. The van der Waals surface area contributed by atoms with Crippen molar-refractivity contribution in [2.45, 2.75) is 26.2 Å². The fourth-order valence-electron chi connectivity index (χ4n) is 0.872. The first kappa shape index (κ1) is 9.15. The molecule has 64 valence electrons. The molecule has 0 aliphatic carbocycles. The van der Waals surface area contributed by atoms with Gasteiger partial charge in [0, 0.05) is 12.4 Å². The van der Waals surface area contributed by atoms with Gasteiger partial charge in [-0.15, -0.1) is 5.54 Å². The monoisotopic (exact) mass is 177 g/mol. The van der Waals surface area contributed by atoms with E-state index in [0.717, 1.165) is 6.54 Å². The van der Waals surface area contributed by atoms with Gasteiger partial charge in [-0.2, -0.15) is 0 Å². The lowest BCUT2D eigenvalue weighted by atomic mass is 10.6. The third-order valence-corrected chi connectivity index (χ3v) is 2.32. The first-order valence-electron chi connectivity index (χ1n) is 4.19. The van der Waals surface area contributed by atoms with Crippen LogP contribution in [0.1, 0.15) is 0 Å². The molecule has 0 amide bonds. The Morgan fingerprint density at radius 3 is 2.25 bits per heavy atom. The summed E-state index contributed by atoms with van der Waals surface area (Å²) in [5, 5.41) is 0. The lowest BCUT2D eigenvalue weighted by Gasteiger charge is -2.03. The maximum Gasteiger partial charge on any atom is 0.129 e. The largest absolute Gasteiger partial charge is 0.343 e. The molecule has 0 aliphatic heterocycles. The van der Waals surface area contributed by atoms with E-state index in [1.807, 2.05) is 24.5 Å². The molecular weight excluding hydrogens is 162 g/mol. The van der Waals surface area contributed by atoms with E-state index in [0.29, 0.717) is 0 Å². The van der Waals surface area contributed by atoms with Crippen LogP contribution in [0, 0.1) is 11.5 Å². The number of rotatable bonds is 1. The quantitative estimate of drug-likeness (QED) is 0.458. The predicted molar refractivity (Wildman–Crippen MR) is 55.6 cm³/mol. The molecule has 0 aromatic carbocycles. The third kappa shape index (κ3) is 3.45. The molecule has 0 fully saturated rings. The van der Waals surface area contributed by atoms with Gasteiger partial charge in [-0.3, -0.25) is 0 Å². The molecule has 0 N–H and O–H groups in total. The van der Waals surface area contributed by atoms with Crippen LogP contribution in [0.15, 0.2) is 24.5 Å². The Bertz CT molecular complexity index is 282. The normalized spacial score (nSPS) is 10.6. The minimum atomic E-state index is -1.17. The molecule has 12 heavy (non-hydrogen) atoms. The van der Waals surface area contributed by atoms with E-state index in [1.165, 1.54) is 0 Å². The molecule has 1 heterocycles. The van der Waals surface area contributed by atoms with Gasteiger partial charge in [0.1, 0.15) is 8.07 Å². The average Bonchev–Trinajstić information content (AvgIpc) is 2.36. The van der Waals surface area contributed by atoms with Gasteiger partial charge in [0.05, 0.1) is 6.54 Å². The summed E-state index contributed by atoms with van der Waals surface area (Å²) in [6.45, 7) is 7.61. The molecule has 0 unspecified atom stereocenters. The second-order valence-corrected chi connectivity index (χ2v) is 8.66. The molecule has 1 aromatic heterocycles. The Hall–Kier alpha value is -0.943. The van der Waals surface area contributed by atoms with Crippen molar-refractivity contribution in [3.05, 3.63) is 24.5 Å². The Labute approximate surface area is 75.4 Å².